The molecule has 7 heteroatoms. The van der Waals surface area contributed by atoms with Crippen molar-refractivity contribution in [2.75, 3.05) is 20.0 Å². The molecular formula is C11H22N4O2S. The molecule has 0 spiro atoms. The zero-order chi connectivity index (χ0) is 13.4. The summed E-state index contributed by atoms with van der Waals surface area (Å²) in [7, 11) is 3.21. The Kier molecular flexibility index (Phi) is 7.22. The van der Waals surface area contributed by atoms with Gasteiger partial charge in [0.2, 0.25) is 5.16 Å². The van der Waals surface area contributed by atoms with E-state index in [9.17, 15) is 0 Å². The summed E-state index contributed by atoms with van der Waals surface area (Å²) in [6.45, 7) is 4.93. The van der Waals surface area contributed by atoms with Crippen molar-refractivity contribution in [3.05, 3.63) is 0 Å². The minimum absolute atomic E-state index is 0.319. The lowest BCUT2D eigenvalue weighted by molar-refractivity contribution is -0.113. The van der Waals surface area contributed by atoms with Crippen LogP contribution in [-0.2, 0) is 16.0 Å². The molecule has 6 nitrogen and oxygen atoms in total. The molecule has 0 amide bonds. The number of nitrogens with zero attached hydrogens (tertiary/aromatic N) is 4. The van der Waals surface area contributed by atoms with Crippen LogP contribution in [0, 0.1) is 5.92 Å². The van der Waals surface area contributed by atoms with Gasteiger partial charge in [0.05, 0.1) is 6.54 Å². The van der Waals surface area contributed by atoms with Gasteiger partial charge in [0.1, 0.15) is 0 Å². The maximum absolute atomic E-state index is 5.15. The van der Waals surface area contributed by atoms with Crippen LogP contribution in [0.5, 0.6) is 0 Å². The fraction of sp³-hybridized carbons (Fsp3) is 0.909. The zero-order valence-corrected chi connectivity index (χ0v) is 12.3. The standard InChI is InChI=1S/C11H22N4O2S/c1-5-9(6-2)8-18-11-12-13-14-15(11)7-10(16-3)17-4/h9-10H,5-8H2,1-4H3. The fourth-order valence-electron chi connectivity index (χ4n) is 1.52. The van der Waals surface area contributed by atoms with Crippen LogP contribution in [0.4, 0.5) is 0 Å². The Hall–Kier alpha value is -0.660. The molecule has 1 rings (SSSR count). The van der Waals surface area contributed by atoms with E-state index in [1.165, 1.54) is 12.8 Å². The van der Waals surface area contributed by atoms with Crippen LogP contribution < -0.4 is 0 Å². The maximum Gasteiger partial charge on any atom is 0.209 e. The average Bonchev–Trinajstić information content (AvgIpc) is 2.84. The first kappa shape index (κ1) is 15.4. The van der Waals surface area contributed by atoms with Gasteiger partial charge in [0.15, 0.2) is 6.29 Å². The quantitative estimate of drug-likeness (QED) is 0.505. The molecule has 0 aromatic carbocycles. The first-order chi connectivity index (χ1) is 8.74. The summed E-state index contributed by atoms with van der Waals surface area (Å²) in [6.07, 6.45) is 2.05. The third kappa shape index (κ3) is 4.55. The lowest BCUT2D eigenvalue weighted by atomic mass is 10.1. The van der Waals surface area contributed by atoms with E-state index in [-0.39, 0.29) is 6.29 Å². The highest BCUT2D eigenvalue weighted by molar-refractivity contribution is 7.99. The molecule has 0 aliphatic heterocycles. The third-order valence-electron chi connectivity index (χ3n) is 2.95. The zero-order valence-electron chi connectivity index (χ0n) is 11.5. The molecule has 0 aliphatic carbocycles. The van der Waals surface area contributed by atoms with Gasteiger partial charge in [-0.2, -0.15) is 0 Å². The molecule has 1 aromatic heterocycles. The van der Waals surface area contributed by atoms with Gasteiger partial charge in [-0.25, -0.2) is 4.68 Å². The van der Waals surface area contributed by atoms with E-state index in [2.05, 4.69) is 29.4 Å². The van der Waals surface area contributed by atoms with E-state index in [4.69, 9.17) is 9.47 Å². The van der Waals surface area contributed by atoms with Crippen LogP contribution in [0.2, 0.25) is 0 Å². The third-order valence-corrected chi connectivity index (χ3v) is 4.14. The smallest absolute Gasteiger partial charge is 0.209 e. The Morgan fingerprint density at radius 2 is 1.89 bits per heavy atom. The van der Waals surface area contributed by atoms with Crippen LogP contribution in [0.15, 0.2) is 5.16 Å². The van der Waals surface area contributed by atoms with Crippen molar-refractivity contribution in [1.29, 1.82) is 0 Å². The number of rotatable bonds is 9. The number of thioether (sulfide) groups is 1. The van der Waals surface area contributed by atoms with Gasteiger partial charge in [-0.15, -0.1) is 5.10 Å². The fourth-order valence-corrected chi connectivity index (χ4v) is 2.73. The molecule has 0 unspecified atom stereocenters. The molecule has 104 valence electrons. The SMILES string of the molecule is CCC(CC)CSc1nnnn1CC(OC)OC. The highest BCUT2D eigenvalue weighted by Crippen LogP contribution is 2.21. The Morgan fingerprint density at radius 1 is 1.22 bits per heavy atom. The first-order valence-corrected chi connectivity index (χ1v) is 7.18. The summed E-state index contributed by atoms with van der Waals surface area (Å²) in [5.74, 6) is 1.75. The normalized spacial score (nSPS) is 11.7. The summed E-state index contributed by atoms with van der Waals surface area (Å²) >= 11 is 1.69. The first-order valence-electron chi connectivity index (χ1n) is 6.19. The Labute approximate surface area is 112 Å². The molecule has 0 atom stereocenters. The second-order valence-corrected chi connectivity index (χ2v) is 5.03. The van der Waals surface area contributed by atoms with Crippen LogP contribution in [0.1, 0.15) is 26.7 Å². The maximum atomic E-state index is 5.15. The van der Waals surface area contributed by atoms with Crippen molar-refractivity contribution < 1.29 is 9.47 Å². The lowest BCUT2D eigenvalue weighted by Gasteiger charge is -2.14. The van der Waals surface area contributed by atoms with Crippen LogP contribution >= 0.6 is 11.8 Å². The van der Waals surface area contributed by atoms with Crippen LogP contribution in [0.25, 0.3) is 0 Å². The molecule has 0 bridgehead atoms. The van der Waals surface area contributed by atoms with Crippen molar-refractivity contribution in [2.24, 2.45) is 5.92 Å². The van der Waals surface area contributed by atoms with Gasteiger partial charge in [0, 0.05) is 20.0 Å². The molecule has 0 N–H and O–H groups in total. The number of methoxy groups -OCH3 is 2. The molecule has 1 aromatic rings. The number of hydrogen-bond donors (Lipinski definition) is 0. The summed E-state index contributed by atoms with van der Waals surface area (Å²) in [6, 6.07) is 0. The number of aromatic nitrogens is 4. The number of ether oxygens (including phenoxy) is 2. The molecule has 18 heavy (non-hydrogen) atoms. The van der Waals surface area contributed by atoms with Gasteiger partial charge in [-0.3, -0.25) is 0 Å². The van der Waals surface area contributed by atoms with Crippen molar-refractivity contribution in [3.63, 3.8) is 0 Å². The molecule has 0 aliphatic rings. The predicted molar refractivity (Wildman–Crippen MR) is 70.4 cm³/mol. The second kappa shape index (κ2) is 8.44. The van der Waals surface area contributed by atoms with E-state index >= 15 is 0 Å². The second-order valence-electron chi connectivity index (χ2n) is 4.04. The van der Waals surface area contributed by atoms with Gasteiger partial charge in [-0.1, -0.05) is 38.5 Å². The molecule has 0 fully saturated rings. The monoisotopic (exact) mass is 274 g/mol. The molecular weight excluding hydrogens is 252 g/mol. The Bertz CT molecular complexity index is 327. The molecule has 0 radical (unpaired) electrons. The van der Waals surface area contributed by atoms with E-state index in [0.29, 0.717) is 12.5 Å². The minimum atomic E-state index is -0.319. The summed E-state index contributed by atoms with van der Waals surface area (Å²) < 4.78 is 12.0. The Morgan fingerprint density at radius 3 is 2.44 bits per heavy atom. The van der Waals surface area contributed by atoms with E-state index in [1.54, 1.807) is 30.7 Å². The number of tetrazole rings is 1. The molecule has 1 heterocycles. The van der Waals surface area contributed by atoms with E-state index in [1.807, 2.05) is 0 Å². The number of hydrogen-bond acceptors (Lipinski definition) is 6. The van der Waals surface area contributed by atoms with Gasteiger partial charge in [-0.05, 0) is 16.3 Å². The largest absolute Gasteiger partial charge is 0.354 e. The average molecular weight is 274 g/mol. The predicted octanol–water partition coefficient (Wildman–Crippen LogP) is 1.82. The Balaban J connectivity index is 2.54. The highest BCUT2D eigenvalue weighted by Gasteiger charge is 2.14. The minimum Gasteiger partial charge on any atom is -0.354 e. The summed E-state index contributed by atoms with van der Waals surface area (Å²) in [4.78, 5) is 0. The van der Waals surface area contributed by atoms with Crippen LogP contribution in [-0.4, -0.2) is 46.5 Å². The molecule has 0 saturated carbocycles. The van der Waals surface area contributed by atoms with Crippen molar-refractivity contribution in [2.45, 2.75) is 44.7 Å². The van der Waals surface area contributed by atoms with Crippen molar-refractivity contribution in [1.82, 2.24) is 20.2 Å². The topological polar surface area (TPSA) is 62.1 Å². The van der Waals surface area contributed by atoms with Gasteiger partial charge in [0.25, 0.3) is 0 Å². The van der Waals surface area contributed by atoms with Crippen molar-refractivity contribution >= 4 is 11.8 Å². The van der Waals surface area contributed by atoms with Gasteiger partial charge >= 0.3 is 0 Å². The van der Waals surface area contributed by atoms with Gasteiger partial charge < -0.3 is 9.47 Å². The van der Waals surface area contributed by atoms with E-state index in [0.717, 1.165) is 10.9 Å². The van der Waals surface area contributed by atoms with Crippen molar-refractivity contribution in [3.8, 4) is 0 Å². The summed E-state index contributed by atoms with van der Waals surface area (Å²) in [5.41, 5.74) is 0. The lowest BCUT2D eigenvalue weighted by Crippen LogP contribution is -2.22. The highest BCUT2D eigenvalue weighted by atomic mass is 32.2. The van der Waals surface area contributed by atoms with Crippen LogP contribution in [0.3, 0.4) is 0 Å². The van der Waals surface area contributed by atoms with E-state index < -0.39 is 0 Å². The molecule has 0 saturated heterocycles. The summed E-state index contributed by atoms with van der Waals surface area (Å²) in [5, 5.41) is 12.5.